The highest BCUT2D eigenvalue weighted by molar-refractivity contribution is 7.89. The number of hydrogen-bond acceptors (Lipinski definition) is 4. The molecule has 1 amide bonds. The van der Waals surface area contributed by atoms with E-state index in [1.807, 2.05) is 0 Å². The molecular weight excluding hydrogens is 448 g/mol. The van der Waals surface area contributed by atoms with Gasteiger partial charge in [-0.1, -0.05) is 30.3 Å². The SMILES string of the molecule is Cc1ccc(NC(=O)CNC(c2ccc(F)cc2)c2ccc(F)cc2)cc1S(=O)(=O)N(C)C. The molecule has 0 bridgehead atoms. The molecule has 3 aromatic carbocycles. The maximum Gasteiger partial charge on any atom is 0.242 e. The highest BCUT2D eigenvalue weighted by atomic mass is 32.2. The monoisotopic (exact) mass is 473 g/mol. The van der Waals surface area contributed by atoms with Gasteiger partial charge in [-0.2, -0.15) is 0 Å². The Morgan fingerprint density at radius 3 is 1.91 bits per heavy atom. The Kier molecular flexibility index (Phi) is 7.57. The predicted octanol–water partition coefficient (Wildman–Crippen LogP) is 3.84. The van der Waals surface area contributed by atoms with E-state index in [-0.39, 0.29) is 11.4 Å². The fraction of sp³-hybridized carbons (Fsp3) is 0.208. The van der Waals surface area contributed by atoms with E-state index in [0.717, 1.165) is 4.31 Å². The summed E-state index contributed by atoms with van der Waals surface area (Å²) in [5, 5.41) is 5.79. The lowest BCUT2D eigenvalue weighted by Gasteiger charge is -2.20. The molecule has 6 nitrogen and oxygen atoms in total. The zero-order chi connectivity index (χ0) is 24.2. The molecule has 2 N–H and O–H groups in total. The number of hydrogen-bond donors (Lipinski definition) is 2. The van der Waals surface area contributed by atoms with Crippen molar-refractivity contribution in [1.82, 2.24) is 9.62 Å². The molecule has 9 heteroatoms. The van der Waals surface area contributed by atoms with Crippen LogP contribution in [0, 0.1) is 18.6 Å². The van der Waals surface area contributed by atoms with Gasteiger partial charge in [0.25, 0.3) is 0 Å². The van der Waals surface area contributed by atoms with E-state index in [4.69, 9.17) is 0 Å². The number of rotatable bonds is 8. The van der Waals surface area contributed by atoms with Gasteiger partial charge in [0.05, 0.1) is 17.5 Å². The molecule has 0 unspecified atom stereocenters. The normalized spacial score (nSPS) is 11.7. The molecule has 0 saturated heterocycles. The zero-order valence-electron chi connectivity index (χ0n) is 18.5. The van der Waals surface area contributed by atoms with Gasteiger partial charge in [0.15, 0.2) is 0 Å². The summed E-state index contributed by atoms with van der Waals surface area (Å²) in [6.45, 7) is 1.56. The van der Waals surface area contributed by atoms with E-state index in [9.17, 15) is 22.0 Å². The van der Waals surface area contributed by atoms with Gasteiger partial charge in [-0.25, -0.2) is 21.5 Å². The lowest BCUT2D eigenvalue weighted by atomic mass is 9.98. The molecule has 0 heterocycles. The number of nitrogens with zero attached hydrogens (tertiary/aromatic N) is 1. The number of halogens is 2. The fourth-order valence-electron chi connectivity index (χ4n) is 3.29. The Balaban J connectivity index is 1.77. The molecule has 0 radical (unpaired) electrons. The van der Waals surface area contributed by atoms with Crippen LogP contribution in [0.1, 0.15) is 22.7 Å². The van der Waals surface area contributed by atoms with Crippen LogP contribution in [-0.4, -0.2) is 39.3 Å². The molecule has 3 rings (SSSR count). The molecule has 0 aliphatic heterocycles. The van der Waals surface area contributed by atoms with Gasteiger partial charge in [-0.05, 0) is 60.0 Å². The summed E-state index contributed by atoms with van der Waals surface area (Å²) in [6, 6.07) is 15.8. The smallest absolute Gasteiger partial charge is 0.242 e. The number of sulfonamides is 1. The Morgan fingerprint density at radius 2 is 1.42 bits per heavy atom. The summed E-state index contributed by atoms with van der Waals surface area (Å²) in [6.07, 6.45) is 0. The summed E-state index contributed by atoms with van der Waals surface area (Å²) in [7, 11) is -0.787. The second kappa shape index (κ2) is 10.2. The molecule has 174 valence electrons. The molecule has 0 aromatic heterocycles. The van der Waals surface area contributed by atoms with Crippen LogP contribution in [0.2, 0.25) is 0 Å². The van der Waals surface area contributed by atoms with Crippen molar-refractivity contribution in [1.29, 1.82) is 0 Å². The van der Waals surface area contributed by atoms with Crippen LogP contribution in [0.5, 0.6) is 0 Å². The first-order valence-corrected chi connectivity index (χ1v) is 11.6. The highest BCUT2D eigenvalue weighted by Crippen LogP contribution is 2.24. The number of nitrogens with one attached hydrogen (secondary N) is 2. The Bertz CT molecular complexity index is 1180. The first-order valence-electron chi connectivity index (χ1n) is 10.2. The number of carbonyl (C=O) groups excluding carboxylic acids is 1. The van der Waals surface area contributed by atoms with Crippen LogP contribution < -0.4 is 10.6 Å². The van der Waals surface area contributed by atoms with E-state index < -0.39 is 33.6 Å². The molecular formula is C24H25F2N3O3S. The van der Waals surface area contributed by atoms with Gasteiger partial charge in [-0.15, -0.1) is 0 Å². The van der Waals surface area contributed by atoms with Gasteiger partial charge < -0.3 is 5.32 Å². The van der Waals surface area contributed by atoms with E-state index in [2.05, 4.69) is 10.6 Å². The topological polar surface area (TPSA) is 78.5 Å². The quantitative estimate of drug-likeness (QED) is 0.521. The summed E-state index contributed by atoms with van der Waals surface area (Å²) in [5.41, 5.74) is 2.30. The highest BCUT2D eigenvalue weighted by Gasteiger charge is 2.21. The van der Waals surface area contributed by atoms with Crippen molar-refractivity contribution in [3.63, 3.8) is 0 Å². The van der Waals surface area contributed by atoms with Crippen molar-refractivity contribution in [2.45, 2.75) is 17.9 Å². The minimum Gasteiger partial charge on any atom is -0.325 e. The van der Waals surface area contributed by atoms with E-state index in [0.29, 0.717) is 22.4 Å². The van der Waals surface area contributed by atoms with Gasteiger partial charge in [0.1, 0.15) is 11.6 Å². The average molecular weight is 474 g/mol. The van der Waals surface area contributed by atoms with Crippen molar-refractivity contribution < 1.29 is 22.0 Å². The largest absolute Gasteiger partial charge is 0.325 e. The van der Waals surface area contributed by atoms with Crippen molar-refractivity contribution in [3.8, 4) is 0 Å². The lowest BCUT2D eigenvalue weighted by Crippen LogP contribution is -2.32. The van der Waals surface area contributed by atoms with Crippen LogP contribution in [0.25, 0.3) is 0 Å². The molecule has 0 atom stereocenters. The van der Waals surface area contributed by atoms with Crippen LogP contribution in [0.15, 0.2) is 71.6 Å². The Hall–Kier alpha value is -3.14. The van der Waals surface area contributed by atoms with Gasteiger partial charge in [0.2, 0.25) is 15.9 Å². The van der Waals surface area contributed by atoms with Crippen molar-refractivity contribution in [3.05, 3.63) is 95.1 Å². The lowest BCUT2D eigenvalue weighted by molar-refractivity contribution is -0.115. The first-order chi connectivity index (χ1) is 15.6. The molecule has 3 aromatic rings. The minimum absolute atomic E-state index is 0.105. The minimum atomic E-state index is -3.67. The number of benzene rings is 3. The van der Waals surface area contributed by atoms with Gasteiger partial charge in [0, 0.05) is 19.8 Å². The summed E-state index contributed by atoms with van der Waals surface area (Å²) >= 11 is 0. The Labute approximate surface area is 192 Å². The van der Waals surface area contributed by atoms with Gasteiger partial charge in [-0.3, -0.25) is 10.1 Å². The van der Waals surface area contributed by atoms with Crippen molar-refractivity contribution >= 4 is 21.6 Å². The van der Waals surface area contributed by atoms with Crippen molar-refractivity contribution in [2.24, 2.45) is 0 Å². The number of amides is 1. The maximum absolute atomic E-state index is 13.4. The Morgan fingerprint density at radius 1 is 0.909 bits per heavy atom. The number of aryl methyl sites for hydroxylation is 1. The van der Waals surface area contributed by atoms with E-state index in [1.54, 1.807) is 43.3 Å². The molecule has 0 spiro atoms. The van der Waals surface area contributed by atoms with Crippen LogP contribution >= 0.6 is 0 Å². The predicted molar refractivity (Wildman–Crippen MR) is 123 cm³/mol. The standard InChI is InChI=1S/C24H25F2N3O3S/c1-16-4-13-21(14-22(16)33(31,32)29(2)3)28-23(30)15-27-24(17-5-9-19(25)10-6-17)18-7-11-20(26)12-8-18/h4-14,24,27H,15H2,1-3H3,(H,28,30). The van der Waals surface area contributed by atoms with E-state index in [1.165, 1.54) is 44.4 Å². The van der Waals surface area contributed by atoms with Gasteiger partial charge >= 0.3 is 0 Å². The zero-order valence-corrected chi connectivity index (χ0v) is 19.3. The molecule has 0 saturated carbocycles. The second-order valence-corrected chi connectivity index (χ2v) is 9.85. The summed E-state index contributed by atoms with van der Waals surface area (Å²) < 4.78 is 52.9. The fourth-order valence-corrected chi connectivity index (χ4v) is 4.44. The summed E-state index contributed by atoms with van der Waals surface area (Å²) in [4.78, 5) is 12.7. The third-order valence-electron chi connectivity index (χ3n) is 5.10. The van der Waals surface area contributed by atoms with Crippen LogP contribution in [-0.2, 0) is 14.8 Å². The van der Waals surface area contributed by atoms with Crippen molar-refractivity contribution in [2.75, 3.05) is 26.0 Å². The molecule has 33 heavy (non-hydrogen) atoms. The van der Waals surface area contributed by atoms with Crippen LogP contribution in [0.4, 0.5) is 14.5 Å². The van der Waals surface area contributed by atoms with E-state index >= 15 is 0 Å². The molecule has 0 aliphatic rings. The molecule has 0 fully saturated rings. The molecule has 0 aliphatic carbocycles. The number of carbonyl (C=O) groups is 1. The maximum atomic E-state index is 13.4. The average Bonchev–Trinajstić information content (AvgIpc) is 2.77. The first kappa shape index (κ1) is 24.5. The third-order valence-corrected chi connectivity index (χ3v) is 7.06. The summed E-state index contributed by atoms with van der Waals surface area (Å²) in [5.74, 6) is -1.18. The third kappa shape index (κ3) is 6.01. The second-order valence-electron chi connectivity index (χ2n) is 7.73. The van der Waals surface area contributed by atoms with Crippen LogP contribution in [0.3, 0.4) is 0 Å². The number of anilines is 1.